The van der Waals surface area contributed by atoms with Crippen molar-refractivity contribution in [3.63, 3.8) is 0 Å². The highest BCUT2D eigenvalue weighted by Crippen LogP contribution is 2.31. The van der Waals surface area contributed by atoms with Crippen molar-refractivity contribution in [3.8, 4) is 6.01 Å². The van der Waals surface area contributed by atoms with E-state index in [9.17, 15) is 9.18 Å². The summed E-state index contributed by atoms with van der Waals surface area (Å²) in [6.45, 7) is 7.50. The molecule has 0 spiro atoms. The number of amides is 1. The number of aryl methyl sites for hydroxylation is 1. The molecule has 0 aliphatic carbocycles. The zero-order valence-electron chi connectivity index (χ0n) is 24.0. The van der Waals surface area contributed by atoms with Gasteiger partial charge in [0.05, 0.1) is 11.1 Å². The van der Waals surface area contributed by atoms with Crippen LogP contribution in [-0.2, 0) is 7.05 Å². The molecule has 216 valence electrons. The molecule has 2 fully saturated rings. The van der Waals surface area contributed by atoms with Gasteiger partial charge in [-0.1, -0.05) is 6.42 Å². The number of aromatic nitrogens is 4. The third-order valence-electron chi connectivity index (χ3n) is 8.11. The van der Waals surface area contributed by atoms with E-state index in [2.05, 4.69) is 51.4 Å². The fourth-order valence-corrected chi connectivity index (χ4v) is 6.15. The number of anilines is 2. The Labute approximate surface area is 238 Å². The Bertz CT molecular complexity index is 1580. The summed E-state index contributed by atoms with van der Waals surface area (Å²) in [6.07, 6.45) is 6.92. The Morgan fingerprint density at radius 1 is 1.15 bits per heavy atom. The van der Waals surface area contributed by atoms with Crippen LogP contribution in [0.5, 0.6) is 6.01 Å². The first kappa shape index (κ1) is 27.3. The average molecular weight is 561 g/mol. The summed E-state index contributed by atoms with van der Waals surface area (Å²) in [4.78, 5) is 27.6. The number of benzene rings is 2. The minimum absolute atomic E-state index is 0.243. The molecule has 2 saturated heterocycles. The van der Waals surface area contributed by atoms with E-state index in [1.165, 1.54) is 18.9 Å². The van der Waals surface area contributed by atoms with Crippen LogP contribution in [0.1, 0.15) is 43.5 Å². The highest BCUT2D eigenvalue weighted by Gasteiger charge is 2.25. The predicted octanol–water partition coefficient (Wildman–Crippen LogP) is 3.96. The second kappa shape index (κ2) is 11.2. The van der Waals surface area contributed by atoms with Crippen LogP contribution in [0.2, 0.25) is 0 Å². The largest absolute Gasteiger partial charge is 0.462 e. The number of rotatable bonds is 6. The van der Waals surface area contributed by atoms with Gasteiger partial charge in [-0.25, -0.2) is 9.37 Å². The van der Waals surface area contributed by atoms with E-state index in [4.69, 9.17) is 9.72 Å². The summed E-state index contributed by atoms with van der Waals surface area (Å²) in [5, 5.41) is 12.0. The Kier molecular flexibility index (Phi) is 7.48. The van der Waals surface area contributed by atoms with Crippen LogP contribution >= 0.6 is 0 Å². The van der Waals surface area contributed by atoms with Crippen LogP contribution < -0.4 is 20.3 Å². The molecule has 4 heterocycles. The third-order valence-corrected chi connectivity index (χ3v) is 8.11. The smallest absolute Gasteiger partial charge is 0.316 e. The SMILES string of the molecule is C[C@H]1CN(c2ccc(C(=O)Nc3cc(F)c4nn(C)cc4c3)c3nc(OCC4CCCCN4C)ncc23)C[C@H](C)N1. The fraction of sp³-hybridized carbons (Fsp3) is 0.467. The fourth-order valence-electron chi connectivity index (χ4n) is 6.15. The Morgan fingerprint density at radius 2 is 1.95 bits per heavy atom. The standard InChI is InChI=1S/C30H37FN8O2/c1-18-14-39(15-19(2)33-18)26-9-8-23(29(40)34-21-11-20-16-38(4)36-27(20)25(31)12-21)28-24(26)13-32-30(35-28)41-17-22-7-5-6-10-37(22)3/h8-9,11-13,16,18-19,22,33H,5-7,10,14-15,17H2,1-4H3,(H,34,40)/t18-,19-,22?/m0/s1. The summed E-state index contributed by atoms with van der Waals surface area (Å²) >= 11 is 0. The van der Waals surface area contributed by atoms with Gasteiger partial charge in [-0.15, -0.1) is 0 Å². The Morgan fingerprint density at radius 3 is 2.73 bits per heavy atom. The summed E-state index contributed by atoms with van der Waals surface area (Å²) in [7, 11) is 3.85. The van der Waals surface area contributed by atoms with E-state index in [0.29, 0.717) is 46.9 Å². The quantitative estimate of drug-likeness (QED) is 0.366. The number of halogens is 1. The molecule has 41 heavy (non-hydrogen) atoms. The number of hydrogen-bond acceptors (Lipinski definition) is 8. The van der Waals surface area contributed by atoms with E-state index in [-0.39, 0.29) is 17.4 Å². The topological polar surface area (TPSA) is 100 Å². The van der Waals surface area contributed by atoms with Crippen LogP contribution in [-0.4, -0.2) is 82.0 Å². The van der Waals surface area contributed by atoms with Crippen LogP contribution in [0.4, 0.5) is 15.8 Å². The molecule has 2 N–H and O–H groups in total. The van der Waals surface area contributed by atoms with Crippen molar-refractivity contribution < 1.29 is 13.9 Å². The molecular formula is C30H37FN8O2. The monoisotopic (exact) mass is 560 g/mol. The number of carbonyl (C=O) groups is 1. The molecule has 4 aromatic rings. The molecule has 0 bridgehead atoms. The molecule has 6 rings (SSSR count). The van der Waals surface area contributed by atoms with Gasteiger partial charge in [0.2, 0.25) is 0 Å². The number of likely N-dealkylation sites (N-methyl/N-ethyl adjacent to an activating group) is 1. The molecule has 1 unspecified atom stereocenters. The second-order valence-electron chi connectivity index (χ2n) is 11.5. The van der Waals surface area contributed by atoms with Crippen molar-refractivity contribution in [2.75, 3.05) is 43.5 Å². The second-order valence-corrected chi connectivity index (χ2v) is 11.5. The number of carbonyl (C=O) groups excluding carboxylic acids is 1. The zero-order chi connectivity index (χ0) is 28.7. The average Bonchev–Trinajstić information content (AvgIpc) is 3.32. The first-order valence-corrected chi connectivity index (χ1v) is 14.3. The lowest BCUT2D eigenvalue weighted by Gasteiger charge is -2.38. The van der Waals surface area contributed by atoms with E-state index in [1.807, 2.05) is 6.07 Å². The summed E-state index contributed by atoms with van der Waals surface area (Å²) in [5.74, 6) is -0.880. The van der Waals surface area contributed by atoms with Crippen LogP contribution in [0, 0.1) is 5.82 Å². The molecule has 2 aromatic heterocycles. The van der Waals surface area contributed by atoms with Gasteiger partial charge >= 0.3 is 6.01 Å². The van der Waals surface area contributed by atoms with Crippen LogP contribution in [0.25, 0.3) is 21.8 Å². The minimum atomic E-state index is -0.494. The number of nitrogens with zero attached hydrogens (tertiary/aromatic N) is 6. The van der Waals surface area contributed by atoms with Gasteiger partial charge in [-0.3, -0.25) is 9.48 Å². The van der Waals surface area contributed by atoms with Crippen molar-refractivity contribution in [3.05, 3.63) is 48.0 Å². The van der Waals surface area contributed by atoms with Crippen molar-refractivity contribution in [2.24, 2.45) is 7.05 Å². The molecule has 0 radical (unpaired) electrons. The lowest BCUT2D eigenvalue weighted by molar-refractivity contribution is 0.102. The number of fused-ring (bicyclic) bond motifs is 2. The van der Waals surface area contributed by atoms with Gasteiger partial charge in [-0.2, -0.15) is 10.1 Å². The third kappa shape index (κ3) is 5.69. The van der Waals surface area contributed by atoms with Crippen LogP contribution in [0.15, 0.2) is 36.7 Å². The van der Waals surface area contributed by atoms with E-state index in [0.717, 1.165) is 37.1 Å². The van der Waals surface area contributed by atoms with Gasteiger partial charge in [0, 0.05) is 72.8 Å². The van der Waals surface area contributed by atoms with E-state index < -0.39 is 5.82 Å². The predicted molar refractivity (Wildman–Crippen MR) is 158 cm³/mol. The number of hydrogen-bond donors (Lipinski definition) is 2. The van der Waals surface area contributed by atoms with Gasteiger partial charge in [0.1, 0.15) is 12.1 Å². The molecule has 11 heteroatoms. The van der Waals surface area contributed by atoms with Crippen molar-refractivity contribution in [1.29, 1.82) is 0 Å². The lowest BCUT2D eigenvalue weighted by Crippen LogP contribution is -2.54. The highest BCUT2D eigenvalue weighted by molar-refractivity contribution is 6.14. The summed E-state index contributed by atoms with van der Waals surface area (Å²) < 4.78 is 22.4. The number of ether oxygens (including phenoxy) is 1. The molecule has 10 nitrogen and oxygen atoms in total. The van der Waals surface area contributed by atoms with Crippen molar-refractivity contribution >= 4 is 39.1 Å². The van der Waals surface area contributed by atoms with Crippen molar-refractivity contribution in [2.45, 2.75) is 51.2 Å². The molecule has 1 amide bonds. The first-order valence-electron chi connectivity index (χ1n) is 14.3. The maximum Gasteiger partial charge on any atom is 0.316 e. The highest BCUT2D eigenvalue weighted by atomic mass is 19.1. The van der Waals surface area contributed by atoms with Crippen LogP contribution in [0.3, 0.4) is 0 Å². The van der Waals surface area contributed by atoms with Gasteiger partial charge < -0.3 is 25.2 Å². The molecule has 2 aliphatic heterocycles. The molecule has 2 aromatic carbocycles. The van der Waals surface area contributed by atoms with Gasteiger partial charge in [0.25, 0.3) is 5.91 Å². The van der Waals surface area contributed by atoms with Gasteiger partial charge in [-0.05, 0) is 64.5 Å². The normalized spacial score (nSPS) is 21.9. The van der Waals surface area contributed by atoms with Crippen molar-refractivity contribution in [1.82, 2.24) is 30.0 Å². The Balaban J connectivity index is 1.35. The zero-order valence-corrected chi connectivity index (χ0v) is 24.0. The lowest BCUT2D eigenvalue weighted by atomic mass is 10.0. The van der Waals surface area contributed by atoms with Gasteiger partial charge in [0.15, 0.2) is 5.82 Å². The number of likely N-dealkylation sites (tertiary alicyclic amines) is 1. The van der Waals surface area contributed by atoms with E-state index >= 15 is 0 Å². The number of nitrogens with one attached hydrogen (secondary N) is 2. The summed E-state index contributed by atoms with van der Waals surface area (Å²) in [6, 6.07) is 7.91. The molecule has 3 atom stereocenters. The first-order chi connectivity index (χ1) is 19.7. The molecule has 2 aliphatic rings. The number of piperazine rings is 1. The Hall–Kier alpha value is -3.83. The maximum atomic E-state index is 14.7. The number of piperidine rings is 1. The van der Waals surface area contributed by atoms with E-state index in [1.54, 1.807) is 36.3 Å². The molecule has 0 saturated carbocycles. The minimum Gasteiger partial charge on any atom is -0.462 e. The summed E-state index contributed by atoms with van der Waals surface area (Å²) in [5.41, 5.74) is 2.45. The molecular weight excluding hydrogens is 523 g/mol. The maximum absolute atomic E-state index is 14.7.